The number of rotatable bonds is 3. The van der Waals surface area contributed by atoms with Crippen molar-refractivity contribution >= 4 is 11.5 Å². The summed E-state index contributed by atoms with van der Waals surface area (Å²) in [6.45, 7) is 4.72. The summed E-state index contributed by atoms with van der Waals surface area (Å²) in [6.07, 6.45) is -4.62. The van der Waals surface area contributed by atoms with Gasteiger partial charge >= 0.3 is 6.18 Å². The lowest BCUT2D eigenvalue weighted by molar-refractivity contribution is -0.146. The van der Waals surface area contributed by atoms with Gasteiger partial charge in [-0.1, -0.05) is 12.1 Å². The Hall–Kier alpha value is -2.75. The van der Waals surface area contributed by atoms with E-state index in [1.807, 2.05) is 4.90 Å². The van der Waals surface area contributed by atoms with Crippen LogP contribution in [0.4, 0.5) is 23.4 Å². The molecule has 6 nitrogen and oxygen atoms in total. The van der Waals surface area contributed by atoms with E-state index >= 15 is 0 Å². The number of hydrogen-bond acceptors (Lipinski definition) is 5. The molecular weight excluding hydrogens is 376 g/mol. The van der Waals surface area contributed by atoms with Gasteiger partial charge in [0.25, 0.3) is 5.82 Å². The third kappa shape index (κ3) is 3.51. The minimum Gasteiger partial charge on any atom is -0.353 e. The van der Waals surface area contributed by atoms with Gasteiger partial charge in [0.1, 0.15) is 11.6 Å². The van der Waals surface area contributed by atoms with Gasteiger partial charge in [-0.15, -0.1) is 15.3 Å². The molecule has 3 heterocycles. The van der Waals surface area contributed by atoms with E-state index in [2.05, 4.69) is 27.1 Å². The van der Waals surface area contributed by atoms with Gasteiger partial charge < -0.3 is 4.90 Å². The fourth-order valence-electron chi connectivity index (χ4n) is 3.42. The molecule has 1 aromatic carbocycles. The molecular formula is C18H18F4N6. The van der Waals surface area contributed by atoms with Crippen molar-refractivity contribution in [3.63, 3.8) is 0 Å². The monoisotopic (exact) mass is 394 g/mol. The number of halogens is 4. The molecule has 1 saturated heterocycles. The van der Waals surface area contributed by atoms with E-state index in [-0.39, 0.29) is 17.5 Å². The molecule has 3 aromatic rings. The van der Waals surface area contributed by atoms with Crippen LogP contribution in [0.25, 0.3) is 5.65 Å². The topological polar surface area (TPSA) is 49.6 Å². The van der Waals surface area contributed by atoms with Crippen molar-refractivity contribution in [2.45, 2.75) is 19.1 Å². The molecule has 10 heteroatoms. The van der Waals surface area contributed by atoms with E-state index in [0.717, 1.165) is 10.1 Å². The van der Waals surface area contributed by atoms with Crippen molar-refractivity contribution in [2.24, 2.45) is 0 Å². The molecule has 1 aliphatic rings. The lowest BCUT2D eigenvalue weighted by atomic mass is 10.1. The molecule has 0 unspecified atom stereocenters. The second-order valence-electron chi connectivity index (χ2n) is 6.73. The molecule has 0 saturated carbocycles. The summed E-state index contributed by atoms with van der Waals surface area (Å²) in [5.41, 5.74) is 1.08. The minimum atomic E-state index is -4.62. The SMILES string of the molecule is C[C@H](c1ccc(F)cc1)N1CCN(c2ccc3nnc(C(F)(F)F)n3n2)CC1. The number of aromatic nitrogens is 4. The van der Waals surface area contributed by atoms with Crippen LogP contribution in [-0.4, -0.2) is 50.9 Å². The number of benzene rings is 1. The Morgan fingerprint density at radius 1 is 0.929 bits per heavy atom. The predicted octanol–water partition coefficient (Wildman–Crippen LogP) is 3.17. The van der Waals surface area contributed by atoms with E-state index in [9.17, 15) is 17.6 Å². The molecule has 1 atom stereocenters. The van der Waals surface area contributed by atoms with Crippen LogP contribution in [0.2, 0.25) is 0 Å². The third-order valence-corrected chi connectivity index (χ3v) is 5.04. The van der Waals surface area contributed by atoms with Crippen LogP contribution in [0.15, 0.2) is 36.4 Å². The maximum atomic E-state index is 13.1. The molecule has 0 amide bonds. The van der Waals surface area contributed by atoms with Crippen LogP contribution in [0.1, 0.15) is 24.4 Å². The van der Waals surface area contributed by atoms with E-state index in [4.69, 9.17) is 0 Å². The Labute approximate surface area is 158 Å². The number of hydrogen-bond donors (Lipinski definition) is 0. The summed E-state index contributed by atoms with van der Waals surface area (Å²) in [5.74, 6) is -0.950. The second kappa shape index (κ2) is 7.01. The lowest BCUT2D eigenvalue weighted by Gasteiger charge is -2.38. The Morgan fingerprint density at radius 3 is 2.25 bits per heavy atom. The number of anilines is 1. The Morgan fingerprint density at radius 2 is 1.61 bits per heavy atom. The summed E-state index contributed by atoms with van der Waals surface area (Å²) in [7, 11) is 0. The van der Waals surface area contributed by atoms with Gasteiger partial charge in [-0.2, -0.15) is 17.7 Å². The fourth-order valence-corrected chi connectivity index (χ4v) is 3.42. The summed E-state index contributed by atoms with van der Waals surface area (Å²) in [5, 5.41) is 10.8. The minimum absolute atomic E-state index is 0.0552. The van der Waals surface area contributed by atoms with Crippen molar-refractivity contribution in [1.29, 1.82) is 0 Å². The van der Waals surface area contributed by atoms with Crippen LogP contribution in [0, 0.1) is 5.82 Å². The van der Waals surface area contributed by atoms with Crippen LogP contribution in [0.3, 0.4) is 0 Å². The van der Waals surface area contributed by atoms with E-state index < -0.39 is 12.0 Å². The quantitative estimate of drug-likeness (QED) is 0.639. The van der Waals surface area contributed by atoms with Gasteiger partial charge in [0.2, 0.25) is 0 Å². The highest BCUT2D eigenvalue weighted by atomic mass is 19.4. The van der Waals surface area contributed by atoms with Crippen molar-refractivity contribution < 1.29 is 17.6 Å². The molecule has 28 heavy (non-hydrogen) atoms. The highest BCUT2D eigenvalue weighted by molar-refractivity contribution is 5.46. The van der Waals surface area contributed by atoms with Crippen LogP contribution >= 0.6 is 0 Å². The number of alkyl halides is 3. The average Bonchev–Trinajstić information content (AvgIpc) is 3.12. The lowest BCUT2D eigenvalue weighted by Crippen LogP contribution is -2.47. The summed E-state index contributed by atoms with van der Waals surface area (Å²) in [4.78, 5) is 4.19. The molecule has 1 aliphatic heterocycles. The first-order valence-electron chi connectivity index (χ1n) is 8.87. The van der Waals surface area contributed by atoms with E-state index in [0.29, 0.717) is 32.0 Å². The molecule has 0 spiro atoms. The van der Waals surface area contributed by atoms with Gasteiger partial charge in [0.05, 0.1) is 0 Å². The van der Waals surface area contributed by atoms with Gasteiger partial charge in [0, 0.05) is 32.2 Å². The molecule has 0 aliphatic carbocycles. The number of fused-ring (bicyclic) bond motifs is 1. The first kappa shape index (κ1) is 18.6. The average molecular weight is 394 g/mol. The van der Waals surface area contributed by atoms with Crippen molar-refractivity contribution in [3.8, 4) is 0 Å². The zero-order chi connectivity index (χ0) is 19.9. The second-order valence-corrected chi connectivity index (χ2v) is 6.73. The number of piperazine rings is 1. The van der Waals surface area contributed by atoms with Gasteiger partial charge in [-0.3, -0.25) is 4.90 Å². The Balaban J connectivity index is 1.48. The van der Waals surface area contributed by atoms with Gasteiger partial charge in [-0.25, -0.2) is 4.39 Å². The molecule has 0 bridgehead atoms. The molecule has 2 aromatic heterocycles. The Bertz CT molecular complexity index is 960. The molecule has 148 valence electrons. The van der Waals surface area contributed by atoms with Crippen LogP contribution in [-0.2, 0) is 6.18 Å². The molecule has 0 radical (unpaired) electrons. The first-order valence-corrected chi connectivity index (χ1v) is 8.87. The molecule has 1 fully saturated rings. The van der Waals surface area contributed by atoms with Crippen molar-refractivity contribution in [3.05, 3.63) is 53.6 Å². The van der Waals surface area contributed by atoms with Crippen molar-refractivity contribution in [1.82, 2.24) is 24.7 Å². The largest absolute Gasteiger partial charge is 0.453 e. The number of nitrogens with zero attached hydrogens (tertiary/aromatic N) is 6. The summed E-state index contributed by atoms with van der Waals surface area (Å²) in [6, 6.07) is 9.69. The maximum absolute atomic E-state index is 13.1. The summed E-state index contributed by atoms with van der Waals surface area (Å²) < 4.78 is 53.0. The zero-order valence-electron chi connectivity index (χ0n) is 15.1. The fraction of sp³-hybridized carbons (Fsp3) is 0.389. The highest BCUT2D eigenvalue weighted by Gasteiger charge is 2.38. The Kier molecular flexibility index (Phi) is 4.66. The zero-order valence-corrected chi connectivity index (χ0v) is 15.1. The first-order chi connectivity index (χ1) is 13.3. The van der Waals surface area contributed by atoms with Crippen LogP contribution < -0.4 is 4.90 Å². The molecule has 0 N–H and O–H groups in total. The van der Waals surface area contributed by atoms with Gasteiger partial charge in [0.15, 0.2) is 5.65 Å². The van der Waals surface area contributed by atoms with Gasteiger partial charge in [-0.05, 0) is 36.8 Å². The normalized spacial score (nSPS) is 17.2. The van der Waals surface area contributed by atoms with E-state index in [1.165, 1.54) is 18.2 Å². The maximum Gasteiger partial charge on any atom is 0.453 e. The third-order valence-electron chi connectivity index (χ3n) is 5.04. The smallest absolute Gasteiger partial charge is 0.353 e. The highest BCUT2D eigenvalue weighted by Crippen LogP contribution is 2.28. The van der Waals surface area contributed by atoms with Crippen LogP contribution in [0.5, 0.6) is 0 Å². The van der Waals surface area contributed by atoms with E-state index in [1.54, 1.807) is 18.2 Å². The van der Waals surface area contributed by atoms with Crippen molar-refractivity contribution in [2.75, 3.05) is 31.1 Å². The summed E-state index contributed by atoms with van der Waals surface area (Å²) >= 11 is 0. The standard InChI is InChI=1S/C18H18F4N6/c1-12(13-2-4-14(19)5-3-13)26-8-10-27(11-9-26)16-7-6-15-23-24-17(18(20,21)22)28(15)25-16/h2-7,12H,8-11H2,1H3/t12-/m1/s1. The predicted molar refractivity (Wildman–Crippen MR) is 94.4 cm³/mol. The molecule has 4 rings (SSSR count).